The molecule has 0 saturated heterocycles. The SMILES string of the molecule is CC(N[C@@H](CCc1ccccc1)C(=O)NC(c1ccccc1)c1ccccc1)C(=O)O. The number of rotatable bonds is 10. The van der Waals surface area contributed by atoms with Crippen LogP contribution in [0.1, 0.15) is 36.1 Å². The van der Waals surface area contributed by atoms with Gasteiger partial charge in [-0.1, -0.05) is 91.0 Å². The Morgan fingerprint density at radius 1 is 0.806 bits per heavy atom. The van der Waals surface area contributed by atoms with Crippen molar-refractivity contribution in [1.82, 2.24) is 10.6 Å². The van der Waals surface area contributed by atoms with E-state index in [1.165, 1.54) is 0 Å². The minimum atomic E-state index is -0.986. The van der Waals surface area contributed by atoms with E-state index in [1.807, 2.05) is 91.0 Å². The summed E-state index contributed by atoms with van der Waals surface area (Å²) in [6, 6.07) is 27.6. The van der Waals surface area contributed by atoms with Crippen LogP contribution in [0.3, 0.4) is 0 Å². The molecule has 1 unspecified atom stereocenters. The number of amides is 1. The van der Waals surface area contributed by atoms with Gasteiger partial charge in [0.05, 0.1) is 12.1 Å². The summed E-state index contributed by atoms with van der Waals surface area (Å²) in [6.07, 6.45) is 1.16. The van der Waals surface area contributed by atoms with Gasteiger partial charge in [0.2, 0.25) is 5.91 Å². The third-order valence-corrected chi connectivity index (χ3v) is 5.26. The Kier molecular flexibility index (Phi) is 7.96. The van der Waals surface area contributed by atoms with Gasteiger partial charge in [0.1, 0.15) is 6.04 Å². The normalized spacial score (nSPS) is 12.8. The monoisotopic (exact) mass is 416 g/mol. The number of hydrogen-bond acceptors (Lipinski definition) is 3. The molecule has 31 heavy (non-hydrogen) atoms. The van der Waals surface area contributed by atoms with E-state index in [1.54, 1.807) is 6.92 Å². The molecule has 5 nitrogen and oxygen atoms in total. The zero-order chi connectivity index (χ0) is 22.1. The summed E-state index contributed by atoms with van der Waals surface area (Å²) in [6.45, 7) is 1.55. The van der Waals surface area contributed by atoms with Gasteiger partial charge in [-0.3, -0.25) is 14.9 Å². The molecular formula is C26H28N2O3. The summed E-state index contributed by atoms with van der Waals surface area (Å²) >= 11 is 0. The van der Waals surface area contributed by atoms with Crippen molar-refractivity contribution in [2.75, 3.05) is 0 Å². The van der Waals surface area contributed by atoms with E-state index in [-0.39, 0.29) is 11.9 Å². The fourth-order valence-corrected chi connectivity index (χ4v) is 3.51. The van der Waals surface area contributed by atoms with Gasteiger partial charge in [-0.15, -0.1) is 0 Å². The number of carboxylic acids is 1. The summed E-state index contributed by atoms with van der Waals surface area (Å²) in [5.41, 5.74) is 3.04. The third kappa shape index (κ3) is 6.52. The molecule has 3 aromatic rings. The third-order valence-electron chi connectivity index (χ3n) is 5.26. The second kappa shape index (κ2) is 11.1. The van der Waals surface area contributed by atoms with Crippen molar-refractivity contribution < 1.29 is 14.7 Å². The van der Waals surface area contributed by atoms with E-state index in [2.05, 4.69) is 10.6 Å². The fraction of sp³-hybridized carbons (Fsp3) is 0.231. The Bertz CT molecular complexity index is 922. The highest BCUT2D eigenvalue weighted by Gasteiger charge is 2.26. The number of benzene rings is 3. The number of aliphatic carboxylic acids is 1. The number of aryl methyl sites for hydroxylation is 1. The van der Waals surface area contributed by atoms with Gasteiger partial charge in [0, 0.05) is 0 Å². The standard InChI is InChI=1S/C26H28N2O3/c1-19(26(30)31)27-23(18-17-20-11-5-2-6-12-20)25(29)28-24(21-13-7-3-8-14-21)22-15-9-4-10-16-22/h2-16,19,23-24,27H,17-18H2,1H3,(H,28,29)(H,30,31)/t19?,23-/m0/s1. The van der Waals surface area contributed by atoms with E-state index in [4.69, 9.17) is 0 Å². The molecule has 2 atom stereocenters. The average Bonchev–Trinajstić information content (AvgIpc) is 2.81. The molecule has 0 radical (unpaired) electrons. The lowest BCUT2D eigenvalue weighted by atomic mass is 9.97. The number of carbonyl (C=O) groups excluding carboxylic acids is 1. The van der Waals surface area contributed by atoms with Gasteiger partial charge in [0.25, 0.3) is 0 Å². The van der Waals surface area contributed by atoms with E-state index in [0.29, 0.717) is 12.8 Å². The molecule has 0 aliphatic heterocycles. The van der Waals surface area contributed by atoms with Crippen LogP contribution in [0.25, 0.3) is 0 Å². The quantitative estimate of drug-likeness (QED) is 0.468. The number of hydrogen-bond donors (Lipinski definition) is 3. The maximum Gasteiger partial charge on any atom is 0.320 e. The molecule has 0 bridgehead atoms. The van der Waals surface area contributed by atoms with Crippen molar-refractivity contribution in [1.29, 1.82) is 0 Å². The Morgan fingerprint density at radius 3 is 1.77 bits per heavy atom. The minimum absolute atomic E-state index is 0.221. The van der Waals surface area contributed by atoms with Crippen molar-refractivity contribution in [3.63, 3.8) is 0 Å². The zero-order valence-electron chi connectivity index (χ0n) is 17.6. The smallest absolute Gasteiger partial charge is 0.320 e. The summed E-state index contributed by atoms with van der Waals surface area (Å²) in [5, 5.41) is 15.5. The first kappa shape index (κ1) is 22.2. The average molecular weight is 417 g/mol. The van der Waals surface area contributed by atoms with Crippen LogP contribution in [0.15, 0.2) is 91.0 Å². The molecule has 3 aromatic carbocycles. The maximum atomic E-state index is 13.3. The summed E-state index contributed by atoms with van der Waals surface area (Å²) < 4.78 is 0. The van der Waals surface area contributed by atoms with Gasteiger partial charge >= 0.3 is 5.97 Å². The molecule has 3 N–H and O–H groups in total. The second-order valence-electron chi connectivity index (χ2n) is 7.57. The summed E-state index contributed by atoms with van der Waals surface area (Å²) in [4.78, 5) is 24.7. The molecule has 0 saturated carbocycles. The first-order chi connectivity index (χ1) is 15.0. The number of nitrogens with one attached hydrogen (secondary N) is 2. The van der Waals surface area contributed by atoms with Gasteiger partial charge in [-0.05, 0) is 36.5 Å². The Labute approximate surface area is 183 Å². The molecule has 3 rings (SSSR count). The molecule has 0 aromatic heterocycles. The molecule has 5 heteroatoms. The number of carbonyl (C=O) groups is 2. The Balaban J connectivity index is 1.81. The highest BCUT2D eigenvalue weighted by atomic mass is 16.4. The van der Waals surface area contributed by atoms with E-state index in [9.17, 15) is 14.7 Å². The van der Waals surface area contributed by atoms with Gasteiger partial charge < -0.3 is 10.4 Å². The van der Waals surface area contributed by atoms with Gasteiger partial charge in [-0.25, -0.2) is 0 Å². The van der Waals surface area contributed by atoms with Crippen molar-refractivity contribution in [2.45, 2.75) is 37.9 Å². The fourth-order valence-electron chi connectivity index (χ4n) is 3.51. The summed E-state index contributed by atoms with van der Waals surface area (Å²) in [5.74, 6) is -1.21. The van der Waals surface area contributed by atoms with E-state index in [0.717, 1.165) is 16.7 Å². The largest absolute Gasteiger partial charge is 0.480 e. The van der Waals surface area contributed by atoms with E-state index >= 15 is 0 Å². The molecule has 1 amide bonds. The van der Waals surface area contributed by atoms with Crippen molar-refractivity contribution in [2.24, 2.45) is 0 Å². The minimum Gasteiger partial charge on any atom is -0.480 e. The highest BCUT2D eigenvalue weighted by Crippen LogP contribution is 2.22. The predicted octanol–water partition coefficient (Wildman–Crippen LogP) is 3.96. The highest BCUT2D eigenvalue weighted by molar-refractivity contribution is 5.83. The number of carboxylic acid groups (broad SMARTS) is 1. The lowest BCUT2D eigenvalue weighted by Crippen LogP contribution is -2.50. The van der Waals surface area contributed by atoms with Crippen LogP contribution in [0.4, 0.5) is 0 Å². The van der Waals surface area contributed by atoms with Crippen LogP contribution in [0.2, 0.25) is 0 Å². The van der Waals surface area contributed by atoms with Crippen LogP contribution < -0.4 is 10.6 Å². The first-order valence-corrected chi connectivity index (χ1v) is 10.5. The molecule has 160 valence electrons. The maximum absolute atomic E-state index is 13.3. The van der Waals surface area contributed by atoms with Crippen LogP contribution in [-0.4, -0.2) is 29.1 Å². The van der Waals surface area contributed by atoms with Gasteiger partial charge in [-0.2, -0.15) is 0 Å². The molecule has 0 spiro atoms. The molecule has 0 aliphatic rings. The van der Waals surface area contributed by atoms with Crippen molar-refractivity contribution in [3.8, 4) is 0 Å². The molecule has 0 aliphatic carbocycles. The predicted molar refractivity (Wildman–Crippen MR) is 122 cm³/mol. The zero-order valence-corrected chi connectivity index (χ0v) is 17.6. The topological polar surface area (TPSA) is 78.4 Å². The van der Waals surface area contributed by atoms with Crippen LogP contribution in [-0.2, 0) is 16.0 Å². The Hall–Kier alpha value is -3.44. The summed E-state index contributed by atoms with van der Waals surface area (Å²) in [7, 11) is 0. The van der Waals surface area contributed by atoms with Crippen LogP contribution in [0, 0.1) is 0 Å². The molecular weight excluding hydrogens is 388 g/mol. The van der Waals surface area contributed by atoms with Crippen molar-refractivity contribution >= 4 is 11.9 Å². The lowest BCUT2D eigenvalue weighted by molar-refractivity contribution is -0.139. The first-order valence-electron chi connectivity index (χ1n) is 10.5. The van der Waals surface area contributed by atoms with Crippen molar-refractivity contribution in [3.05, 3.63) is 108 Å². The lowest BCUT2D eigenvalue weighted by Gasteiger charge is -2.25. The Morgan fingerprint density at radius 2 is 1.29 bits per heavy atom. The van der Waals surface area contributed by atoms with Crippen LogP contribution in [0.5, 0.6) is 0 Å². The van der Waals surface area contributed by atoms with E-state index < -0.39 is 18.1 Å². The van der Waals surface area contributed by atoms with Gasteiger partial charge in [0.15, 0.2) is 0 Å². The molecule has 0 fully saturated rings. The van der Waals surface area contributed by atoms with Crippen LogP contribution >= 0.6 is 0 Å². The second-order valence-corrected chi connectivity index (χ2v) is 7.57. The molecule has 0 heterocycles.